The highest BCUT2D eigenvalue weighted by Gasteiger charge is 2.16. The van der Waals surface area contributed by atoms with Crippen molar-refractivity contribution < 1.29 is 0 Å². The van der Waals surface area contributed by atoms with Gasteiger partial charge in [0.05, 0.1) is 11.4 Å². The number of rotatable bonds is 4. The molecule has 2 heterocycles. The van der Waals surface area contributed by atoms with Gasteiger partial charge in [0.2, 0.25) is 0 Å². The third kappa shape index (κ3) is 4.11. The highest BCUT2D eigenvalue weighted by atomic mass is 14.9. The van der Waals surface area contributed by atoms with Gasteiger partial charge in [0.1, 0.15) is 0 Å². The zero-order valence-corrected chi connectivity index (χ0v) is 12.5. The molecule has 0 aliphatic carbocycles. The number of nitrogens with one attached hydrogen (secondary N) is 1. The van der Waals surface area contributed by atoms with Gasteiger partial charge in [-0.2, -0.15) is 0 Å². The van der Waals surface area contributed by atoms with Crippen LogP contribution in [0.4, 0.5) is 0 Å². The highest BCUT2D eigenvalue weighted by Crippen LogP contribution is 2.20. The number of nitrogens with zero attached hydrogens (tertiary/aromatic N) is 2. The Bertz CT molecular complexity index is 545. The molecule has 1 aromatic carbocycles. The Hall–Kier alpha value is -1.74. The number of aromatic nitrogens is 2. The summed E-state index contributed by atoms with van der Waals surface area (Å²) in [6.07, 6.45) is 9.43. The first-order chi connectivity index (χ1) is 10.4. The number of hydrogen-bond donors (Lipinski definition) is 1. The molecule has 110 valence electrons. The van der Waals surface area contributed by atoms with Crippen molar-refractivity contribution >= 4 is 0 Å². The van der Waals surface area contributed by atoms with E-state index in [9.17, 15) is 0 Å². The van der Waals surface area contributed by atoms with E-state index in [0.717, 1.165) is 37.5 Å². The Morgan fingerprint density at radius 1 is 0.952 bits per heavy atom. The smallest absolute Gasteiger partial charge is 0.0662 e. The summed E-state index contributed by atoms with van der Waals surface area (Å²) in [5.74, 6) is 0.742. The second-order valence-electron chi connectivity index (χ2n) is 5.86. The van der Waals surface area contributed by atoms with Crippen molar-refractivity contribution in [3.63, 3.8) is 0 Å². The minimum atomic E-state index is 0.742. The maximum absolute atomic E-state index is 4.62. The molecule has 1 aromatic heterocycles. The van der Waals surface area contributed by atoms with E-state index in [1.54, 1.807) is 0 Å². The molecule has 2 aromatic rings. The summed E-state index contributed by atoms with van der Waals surface area (Å²) in [5, 5.41) is 3.48. The van der Waals surface area contributed by atoms with Gasteiger partial charge >= 0.3 is 0 Å². The third-order valence-electron chi connectivity index (χ3n) is 4.25. The van der Waals surface area contributed by atoms with Crippen LogP contribution < -0.4 is 5.32 Å². The van der Waals surface area contributed by atoms with Gasteiger partial charge in [-0.3, -0.25) is 9.97 Å². The van der Waals surface area contributed by atoms with E-state index in [2.05, 4.69) is 45.6 Å². The van der Waals surface area contributed by atoms with Crippen LogP contribution in [0.25, 0.3) is 0 Å². The van der Waals surface area contributed by atoms with Crippen LogP contribution >= 0.6 is 0 Å². The summed E-state index contributed by atoms with van der Waals surface area (Å²) < 4.78 is 0. The summed E-state index contributed by atoms with van der Waals surface area (Å²) in [7, 11) is 0. The first-order valence-electron chi connectivity index (χ1n) is 7.95. The van der Waals surface area contributed by atoms with Crippen molar-refractivity contribution in [3.8, 4) is 0 Å². The largest absolute Gasteiger partial charge is 0.317 e. The van der Waals surface area contributed by atoms with Crippen molar-refractivity contribution in [2.24, 2.45) is 5.92 Å². The summed E-state index contributed by atoms with van der Waals surface area (Å²) in [6.45, 7) is 2.30. The van der Waals surface area contributed by atoms with Gasteiger partial charge in [-0.25, -0.2) is 0 Å². The SMILES string of the molecule is c1ccc(Cc2nccnc2C[C@H]2CCCNCC2)cc1. The molecule has 3 heteroatoms. The zero-order valence-electron chi connectivity index (χ0n) is 12.5. The van der Waals surface area contributed by atoms with Crippen molar-refractivity contribution in [2.45, 2.75) is 32.1 Å². The van der Waals surface area contributed by atoms with Crippen LogP contribution in [-0.2, 0) is 12.8 Å². The Labute approximate surface area is 126 Å². The maximum atomic E-state index is 4.62. The van der Waals surface area contributed by atoms with Gasteiger partial charge in [-0.15, -0.1) is 0 Å². The molecule has 0 unspecified atom stereocenters. The summed E-state index contributed by atoms with van der Waals surface area (Å²) in [5.41, 5.74) is 3.64. The molecule has 1 aliphatic heterocycles. The maximum Gasteiger partial charge on any atom is 0.0662 e. The summed E-state index contributed by atoms with van der Waals surface area (Å²) in [6, 6.07) is 10.5. The van der Waals surface area contributed by atoms with Gasteiger partial charge in [-0.05, 0) is 50.3 Å². The predicted molar refractivity (Wildman–Crippen MR) is 85.2 cm³/mol. The van der Waals surface area contributed by atoms with Gasteiger partial charge in [0.25, 0.3) is 0 Å². The average molecular weight is 281 g/mol. The quantitative estimate of drug-likeness (QED) is 0.936. The van der Waals surface area contributed by atoms with E-state index in [0.29, 0.717) is 0 Å². The summed E-state index contributed by atoms with van der Waals surface area (Å²) in [4.78, 5) is 9.20. The molecule has 0 radical (unpaired) electrons. The fourth-order valence-corrected chi connectivity index (χ4v) is 3.07. The zero-order chi connectivity index (χ0) is 14.3. The molecule has 0 amide bonds. The van der Waals surface area contributed by atoms with E-state index < -0.39 is 0 Å². The normalized spacial score (nSPS) is 19.1. The lowest BCUT2D eigenvalue weighted by molar-refractivity contribution is 0.462. The van der Waals surface area contributed by atoms with Crippen molar-refractivity contribution in [2.75, 3.05) is 13.1 Å². The van der Waals surface area contributed by atoms with Crippen LogP contribution in [0.2, 0.25) is 0 Å². The first kappa shape index (κ1) is 14.2. The lowest BCUT2D eigenvalue weighted by atomic mass is 9.93. The molecule has 3 nitrogen and oxygen atoms in total. The van der Waals surface area contributed by atoms with Gasteiger partial charge in [0.15, 0.2) is 0 Å². The molecule has 21 heavy (non-hydrogen) atoms. The third-order valence-corrected chi connectivity index (χ3v) is 4.25. The minimum Gasteiger partial charge on any atom is -0.317 e. The Kier molecular flexibility index (Phi) is 4.95. The van der Waals surface area contributed by atoms with Crippen molar-refractivity contribution in [1.29, 1.82) is 0 Å². The van der Waals surface area contributed by atoms with Crippen LogP contribution in [0.5, 0.6) is 0 Å². The summed E-state index contributed by atoms with van der Waals surface area (Å²) >= 11 is 0. The van der Waals surface area contributed by atoms with Crippen LogP contribution in [0.3, 0.4) is 0 Å². The lowest BCUT2D eigenvalue weighted by Gasteiger charge is -2.15. The van der Waals surface area contributed by atoms with Gasteiger partial charge in [-0.1, -0.05) is 30.3 Å². The molecule has 0 saturated carbocycles. The monoisotopic (exact) mass is 281 g/mol. The Morgan fingerprint density at radius 3 is 2.62 bits per heavy atom. The number of hydrogen-bond acceptors (Lipinski definition) is 3. The van der Waals surface area contributed by atoms with Crippen LogP contribution in [-0.4, -0.2) is 23.1 Å². The average Bonchev–Trinajstić information content (AvgIpc) is 2.79. The first-order valence-corrected chi connectivity index (χ1v) is 7.95. The standard InChI is InChI=1S/C18H23N3/c1-2-5-15(6-3-1)13-17-18(21-12-11-20-17)14-16-7-4-9-19-10-8-16/h1-3,5-6,11-12,16,19H,4,7-10,13-14H2/t16-/m0/s1. The molecule has 1 atom stereocenters. The molecule has 1 saturated heterocycles. The second-order valence-corrected chi connectivity index (χ2v) is 5.86. The molecular formula is C18H23N3. The topological polar surface area (TPSA) is 37.8 Å². The molecule has 1 aliphatic rings. The van der Waals surface area contributed by atoms with E-state index in [1.807, 2.05) is 12.4 Å². The van der Waals surface area contributed by atoms with Crippen molar-refractivity contribution in [1.82, 2.24) is 15.3 Å². The van der Waals surface area contributed by atoms with Gasteiger partial charge < -0.3 is 5.32 Å². The Balaban J connectivity index is 1.72. The molecule has 3 rings (SSSR count). The molecular weight excluding hydrogens is 258 g/mol. The number of benzene rings is 1. The van der Waals surface area contributed by atoms with Crippen LogP contribution in [0.15, 0.2) is 42.7 Å². The lowest BCUT2D eigenvalue weighted by Crippen LogP contribution is -2.15. The minimum absolute atomic E-state index is 0.742. The predicted octanol–water partition coefficient (Wildman–Crippen LogP) is 3.00. The molecule has 0 bridgehead atoms. The van der Waals surface area contributed by atoms with Gasteiger partial charge in [0, 0.05) is 18.8 Å². The molecule has 1 fully saturated rings. The fourth-order valence-electron chi connectivity index (χ4n) is 3.07. The Morgan fingerprint density at radius 2 is 1.76 bits per heavy atom. The fraction of sp³-hybridized carbons (Fsp3) is 0.444. The molecule has 0 spiro atoms. The van der Waals surface area contributed by atoms with Crippen molar-refractivity contribution in [3.05, 3.63) is 59.7 Å². The highest BCUT2D eigenvalue weighted by molar-refractivity contribution is 5.24. The van der Waals surface area contributed by atoms with Crippen LogP contribution in [0, 0.1) is 5.92 Å². The van der Waals surface area contributed by atoms with E-state index in [-0.39, 0.29) is 0 Å². The van der Waals surface area contributed by atoms with E-state index in [1.165, 1.54) is 30.5 Å². The molecule has 1 N–H and O–H groups in total. The van der Waals surface area contributed by atoms with E-state index >= 15 is 0 Å². The second kappa shape index (κ2) is 7.32. The van der Waals surface area contributed by atoms with Crippen LogP contribution in [0.1, 0.15) is 36.2 Å². The van der Waals surface area contributed by atoms with E-state index in [4.69, 9.17) is 0 Å².